The van der Waals surface area contributed by atoms with Crippen molar-refractivity contribution in [2.75, 3.05) is 0 Å². The largest absolute Gasteiger partial charge is 0.352 e. The topological polar surface area (TPSA) is 70.7 Å². The molecule has 0 fully saturated rings. The zero-order chi connectivity index (χ0) is 21.5. The number of nitrogens with zero attached hydrogens (tertiary/aromatic N) is 2. The highest BCUT2D eigenvalue weighted by atomic mass is 32.2. The first-order chi connectivity index (χ1) is 15.2. The molecule has 4 aromatic rings. The number of aromatic amines is 1. The molecule has 4 rings (SSSR count). The number of aromatic nitrogens is 3. The summed E-state index contributed by atoms with van der Waals surface area (Å²) in [6.07, 6.45) is 0.343. The average Bonchev–Trinajstić information content (AvgIpc) is 3.27. The smallest absolute Gasteiger partial charge is 0.221 e. The number of rotatable bonds is 8. The van der Waals surface area contributed by atoms with E-state index in [1.807, 2.05) is 72.8 Å². The molecular formula is C25H24N4OS. The molecular weight excluding hydrogens is 404 g/mol. The van der Waals surface area contributed by atoms with Crippen LogP contribution in [0.3, 0.4) is 0 Å². The maximum Gasteiger partial charge on any atom is 0.221 e. The van der Waals surface area contributed by atoms with Crippen LogP contribution < -0.4 is 5.32 Å². The summed E-state index contributed by atoms with van der Waals surface area (Å²) in [5.41, 5.74) is 4.34. The predicted molar refractivity (Wildman–Crippen MR) is 125 cm³/mol. The van der Waals surface area contributed by atoms with Crippen molar-refractivity contribution >= 4 is 17.7 Å². The molecule has 0 radical (unpaired) electrons. The number of H-pyrrole nitrogens is 1. The molecule has 1 heterocycles. The van der Waals surface area contributed by atoms with E-state index < -0.39 is 0 Å². The van der Waals surface area contributed by atoms with Gasteiger partial charge in [-0.3, -0.25) is 9.89 Å². The van der Waals surface area contributed by atoms with Gasteiger partial charge in [0.2, 0.25) is 11.1 Å². The molecule has 1 atom stereocenters. The normalized spacial score (nSPS) is 11.8. The van der Waals surface area contributed by atoms with Crippen LogP contribution in [-0.2, 0) is 11.3 Å². The second-order valence-corrected chi connectivity index (χ2v) is 8.49. The molecule has 0 aliphatic rings. The number of aryl methyl sites for hydroxylation is 1. The van der Waals surface area contributed by atoms with Gasteiger partial charge in [0.1, 0.15) is 0 Å². The van der Waals surface area contributed by atoms with Gasteiger partial charge >= 0.3 is 0 Å². The fourth-order valence-corrected chi connectivity index (χ4v) is 4.22. The first-order valence-corrected chi connectivity index (χ1v) is 11.1. The van der Waals surface area contributed by atoms with Crippen molar-refractivity contribution in [2.24, 2.45) is 0 Å². The standard InChI is InChI=1S/C25H24N4OS/c1-18-12-14-21(15-13-18)24-27-25(29-28-24)31-22(20-10-6-3-7-11-20)16-23(30)26-17-19-8-4-2-5-9-19/h2-15,22H,16-17H2,1H3,(H,26,30)(H,27,28,29)/t22-/m0/s1. The third kappa shape index (κ3) is 5.83. The number of benzene rings is 3. The van der Waals surface area contributed by atoms with Gasteiger partial charge in [-0.1, -0.05) is 102 Å². The number of hydrogen-bond donors (Lipinski definition) is 2. The number of carbonyl (C=O) groups excluding carboxylic acids is 1. The summed E-state index contributed by atoms with van der Waals surface area (Å²) in [6.45, 7) is 2.57. The zero-order valence-electron chi connectivity index (χ0n) is 17.3. The number of carbonyl (C=O) groups is 1. The van der Waals surface area contributed by atoms with Crippen LogP contribution >= 0.6 is 11.8 Å². The van der Waals surface area contributed by atoms with E-state index in [2.05, 4.69) is 39.6 Å². The Balaban J connectivity index is 1.46. The van der Waals surface area contributed by atoms with Crippen molar-refractivity contribution in [2.45, 2.75) is 30.3 Å². The highest BCUT2D eigenvalue weighted by Crippen LogP contribution is 2.36. The lowest BCUT2D eigenvalue weighted by molar-refractivity contribution is -0.121. The SMILES string of the molecule is Cc1ccc(-c2nc(S[C@@H](CC(=O)NCc3ccccc3)c3ccccc3)n[nH]2)cc1. The lowest BCUT2D eigenvalue weighted by Crippen LogP contribution is -2.24. The van der Waals surface area contributed by atoms with Crippen LogP contribution in [0.25, 0.3) is 11.4 Å². The Morgan fingerprint density at radius 3 is 2.35 bits per heavy atom. The summed E-state index contributed by atoms with van der Waals surface area (Å²) < 4.78 is 0. The van der Waals surface area contributed by atoms with Crippen LogP contribution in [0.15, 0.2) is 90.1 Å². The Bertz CT molecular complexity index is 1110. The van der Waals surface area contributed by atoms with Crippen molar-refractivity contribution in [3.8, 4) is 11.4 Å². The molecule has 0 aliphatic carbocycles. The monoisotopic (exact) mass is 428 g/mol. The summed E-state index contributed by atoms with van der Waals surface area (Å²) in [4.78, 5) is 17.3. The second-order valence-electron chi connectivity index (χ2n) is 7.32. The molecule has 0 saturated carbocycles. The minimum Gasteiger partial charge on any atom is -0.352 e. The Morgan fingerprint density at radius 1 is 0.968 bits per heavy atom. The van der Waals surface area contributed by atoms with Gasteiger partial charge in [0.15, 0.2) is 5.82 Å². The maximum absolute atomic E-state index is 12.7. The minimum atomic E-state index is -0.0846. The number of thioether (sulfide) groups is 1. The summed E-state index contributed by atoms with van der Waals surface area (Å²) in [7, 11) is 0. The van der Waals surface area contributed by atoms with Gasteiger partial charge in [0.05, 0.1) is 0 Å². The third-order valence-corrected chi connectivity index (χ3v) is 6.03. The molecule has 0 saturated heterocycles. The van der Waals surface area contributed by atoms with Crippen LogP contribution in [0.1, 0.15) is 28.4 Å². The van der Waals surface area contributed by atoms with Crippen LogP contribution in [0.2, 0.25) is 0 Å². The Labute approximate surface area is 186 Å². The molecule has 0 bridgehead atoms. The van der Waals surface area contributed by atoms with Crippen molar-refractivity contribution in [3.05, 3.63) is 102 Å². The quantitative estimate of drug-likeness (QED) is 0.373. The molecule has 156 valence electrons. The Morgan fingerprint density at radius 2 is 1.65 bits per heavy atom. The molecule has 0 aliphatic heterocycles. The Hall–Kier alpha value is -3.38. The third-order valence-electron chi connectivity index (χ3n) is 4.91. The van der Waals surface area contributed by atoms with Crippen molar-refractivity contribution < 1.29 is 4.79 Å². The number of hydrogen-bond acceptors (Lipinski definition) is 4. The molecule has 3 aromatic carbocycles. The lowest BCUT2D eigenvalue weighted by atomic mass is 10.1. The van der Waals surface area contributed by atoms with Crippen LogP contribution in [-0.4, -0.2) is 21.1 Å². The van der Waals surface area contributed by atoms with Gasteiger partial charge in [-0.15, -0.1) is 5.10 Å². The van der Waals surface area contributed by atoms with Gasteiger partial charge < -0.3 is 5.32 Å². The maximum atomic E-state index is 12.7. The Kier molecular flexibility index (Phi) is 6.79. The lowest BCUT2D eigenvalue weighted by Gasteiger charge is -2.15. The molecule has 1 aromatic heterocycles. The van der Waals surface area contributed by atoms with Crippen LogP contribution in [0.5, 0.6) is 0 Å². The van der Waals surface area contributed by atoms with E-state index in [9.17, 15) is 4.79 Å². The molecule has 5 nitrogen and oxygen atoms in total. The average molecular weight is 429 g/mol. The number of amides is 1. The summed E-state index contributed by atoms with van der Waals surface area (Å²) >= 11 is 1.50. The van der Waals surface area contributed by atoms with E-state index in [1.165, 1.54) is 17.3 Å². The van der Waals surface area contributed by atoms with Crippen LogP contribution in [0, 0.1) is 6.92 Å². The highest BCUT2D eigenvalue weighted by molar-refractivity contribution is 7.99. The van der Waals surface area contributed by atoms with Gasteiger partial charge in [-0.2, -0.15) is 0 Å². The highest BCUT2D eigenvalue weighted by Gasteiger charge is 2.20. The molecule has 1 amide bonds. The van der Waals surface area contributed by atoms with Gasteiger partial charge in [0, 0.05) is 23.8 Å². The van der Waals surface area contributed by atoms with Crippen LogP contribution in [0.4, 0.5) is 0 Å². The molecule has 0 spiro atoms. The predicted octanol–water partition coefficient (Wildman–Crippen LogP) is 5.32. The summed E-state index contributed by atoms with van der Waals surface area (Å²) in [6, 6.07) is 28.1. The summed E-state index contributed by atoms with van der Waals surface area (Å²) in [5, 5.41) is 11.0. The van der Waals surface area contributed by atoms with Crippen molar-refractivity contribution in [1.29, 1.82) is 0 Å². The molecule has 0 unspecified atom stereocenters. The van der Waals surface area contributed by atoms with E-state index in [1.54, 1.807) is 0 Å². The fourth-order valence-electron chi connectivity index (χ4n) is 3.20. The van der Waals surface area contributed by atoms with E-state index in [-0.39, 0.29) is 11.2 Å². The molecule has 31 heavy (non-hydrogen) atoms. The molecule has 6 heteroatoms. The second kappa shape index (κ2) is 10.1. The van der Waals surface area contributed by atoms with E-state index in [4.69, 9.17) is 0 Å². The minimum absolute atomic E-state index is 0.000463. The fraction of sp³-hybridized carbons (Fsp3) is 0.160. The first-order valence-electron chi connectivity index (χ1n) is 10.2. The summed E-state index contributed by atoms with van der Waals surface area (Å²) in [5.74, 6) is 0.724. The van der Waals surface area contributed by atoms with Gasteiger partial charge in [-0.25, -0.2) is 4.98 Å². The van der Waals surface area contributed by atoms with E-state index in [0.29, 0.717) is 18.1 Å². The van der Waals surface area contributed by atoms with E-state index in [0.717, 1.165) is 22.5 Å². The van der Waals surface area contributed by atoms with E-state index >= 15 is 0 Å². The molecule has 2 N–H and O–H groups in total. The first kappa shape index (κ1) is 20.9. The van der Waals surface area contributed by atoms with Gasteiger partial charge in [0.25, 0.3) is 0 Å². The zero-order valence-corrected chi connectivity index (χ0v) is 18.1. The number of nitrogens with one attached hydrogen (secondary N) is 2. The van der Waals surface area contributed by atoms with Crippen molar-refractivity contribution in [3.63, 3.8) is 0 Å². The van der Waals surface area contributed by atoms with Crippen molar-refractivity contribution in [1.82, 2.24) is 20.5 Å². The van der Waals surface area contributed by atoms with Gasteiger partial charge in [-0.05, 0) is 18.1 Å².